The molecule has 23 heavy (non-hydrogen) atoms. The molecule has 3 rings (SSSR count). The molecule has 124 valence electrons. The highest BCUT2D eigenvalue weighted by molar-refractivity contribution is 5.86. The van der Waals surface area contributed by atoms with Gasteiger partial charge in [0.15, 0.2) is 0 Å². The number of carbonyl (C=O) groups is 2. The number of carbonyl (C=O) groups excluding carboxylic acids is 2. The maximum atomic E-state index is 12.3. The van der Waals surface area contributed by atoms with Crippen molar-refractivity contribution < 1.29 is 14.3 Å². The number of rotatable bonds is 4. The molecule has 2 amide bonds. The molecule has 0 N–H and O–H groups in total. The molecule has 2 aliphatic rings. The van der Waals surface area contributed by atoms with Crippen molar-refractivity contribution in [1.82, 2.24) is 14.8 Å². The van der Waals surface area contributed by atoms with E-state index in [-0.39, 0.29) is 18.4 Å². The van der Waals surface area contributed by atoms with Gasteiger partial charge in [-0.15, -0.1) is 0 Å². The highest BCUT2D eigenvalue weighted by Gasteiger charge is 2.27. The van der Waals surface area contributed by atoms with Crippen molar-refractivity contribution in [1.29, 1.82) is 0 Å². The molecule has 0 aromatic carbocycles. The van der Waals surface area contributed by atoms with Gasteiger partial charge in [0.2, 0.25) is 11.8 Å². The van der Waals surface area contributed by atoms with Crippen LogP contribution < -0.4 is 9.64 Å². The highest BCUT2D eigenvalue weighted by Crippen LogP contribution is 2.19. The molecule has 0 aliphatic carbocycles. The van der Waals surface area contributed by atoms with E-state index in [1.54, 1.807) is 18.2 Å². The number of likely N-dealkylation sites (tertiary alicyclic amines) is 1. The summed E-state index contributed by atoms with van der Waals surface area (Å²) in [6.45, 7) is 3.70. The van der Waals surface area contributed by atoms with Gasteiger partial charge < -0.3 is 19.4 Å². The van der Waals surface area contributed by atoms with Crippen LogP contribution in [-0.4, -0.2) is 73.0 Å². The van der Waals surface area contributed by atoms with Crippen molar-refractivity contribution in [3.05, 3.63) is 18.3 Å². The Kier molecular flexibility index (Phi) is 4.64. The third-order valence-corrected chi connectivity index (χ3v) is 4.41. The van der Waals surface area contributed by atoms with E-state index < -0.39 is 0 Å². The summed E-state index contributed by atoms with van der Waals surface area (Å²) < 4.78 is 5.22. The van der Waals surface area contributed by atoms with Crippen LogP contribution in [0.1, 0.15) is 12.8 Å². The molecular formula is C16H22N4O3. The first-order valence-electron chi connectivity index (χ1n) is 7.98. The first kappa shape index (κ1) is 15.6. The Balaban J connectivity index is 1.53. The second kappa shape index (κ2) is 6.85. The summed E-state index contributed by atoms with van der Waals surface area (Å²) in [6.07, 6.45) is 3.16. The Morgan fingerprint density at radius 3 is 2.70 bits per heavy atom. The third kappa shape index (κ3) is 3.55. The van der Waals surface area contributed by atoms with Crippen LogP contribution in [0.25, 0.3) is 0 Å². The standard InChI is InChI=1S/C16H22N4O3/c1-23-13-4-5-17-14(11-13)18-7-9-19(10-8-18)16(22)12-20-6-2-3-15(20)21/h4-5,11H,2-3,6-10,12H2,1H3. The van der Waals surface area contributed by atoms with Gasteiger partial charge in [-0.2, -0.15) is 0 Å². The fraction of sp³-hybridized carbons (Fsp3) is 0.562. The Labute approximate surface area is 135 Å². The van der Waals surface area contributed by atoms with Gasteiger partial charge in [-0.1, -0.05) is 0 Å². The zero-order valence-electron chi connectivity index (χ0n) is 13.4. The van der Waals surface area contributed by atoms with Crippen molar-refractivity contribution in [3.8, 4) is 5.75 Å². The zero-order chi connectivity index (χ0) is 16.2. The second-order valence-electron chi connectivity index (χ2n) is 5.84. The van der Waals surface area contributed by atoms with Crippen molar-refractivity contribution in [2.45, 2.75) is 12.8 Å². The summed E-state index contributed by atoms with van der Waals surface area (Å²) >= 11 is 0. The molecule has 3 heterocycles. The second-order valence-corrected chi connectivity index (χ2v) is 5.84. The molecule has 0 radical (unpaired) electrons. The molecule has 0 atom stereocenters. The van der Waals surface area contributed by atoms with Gasteiger partial charge in [-0.25, -0.2) is 4.98 Å². The van der Waals surface area contributed by atoms with E-state index in [9.17, 15) is 9.59 Å². The first-order valence-corrected chi connectivity index (χ1v) is 7.98. The molecular weight excluding hydrogens is 296 g/mol. The lowest BCUT2D eigenvalue weighted by Gasteiger charge is -2.36. The molecule has 1 aromatic heterocycles. The van der Waals surface area contributed by atoms with Crippen molar-refractivity contribution in [2.75, 3.05) is 51.3 Å². The molecule has 0 bridgehead atoms. The van der Waals surface area contributed by atoms with Crippen LogP contribution in [-0.2, 0) is 9.59 Å². The number of methoxy groups -OCH3 is 1. The summed E-state index contributed by atoms with van der Waals surface area (Å²) in [5.41, 5.74) is 0. The molecule has 2 aliphatic heterocycles. The predicted octanol–water partition coefficient (Wildman–Crippen LogP) is 0.361. The van der Waals surface area contributed by atoms with Crippen LogP contribution in [0.5, 0.6) is 5.75 Å². The maximum absolute atomic E-state index is 12.3. The summed E-state index contributed by atoms with van der Waals surface area (Å²) in [5.74, 6) is 1.78. The Hall–Kier alpha value is -2.31. The number of anilines is 1. The van der Waals surface area contributed by atoms with Gasteiger partial charge in [-0.3, -0.25) is 9.59 Å². The molecule has 0 unspecified atom stereocenters. The molecule has 7 heteroatoms. The lowest BCUT2D eigenvalue weighted by atomic mass is 10.3. The van der Waals surface area contributed by atoms with Gasteiger partial charge in [0.05, 0.1) is 13.7 Å². The number of aromatic nitrogens is 1. The molecule has 0 saturated carbocycles. The quantitative estimate of drug-likeness (QED) is 0.802. The largest absolute Gasteiger partial charge is 0.497 e. The van der Waals surface area contributed by atoms with Crippen molar-refractivity contribution in [3.63, 3.8) is 0 Å². The Morgan fingerprint density at radius 1 is 1.26 bits per heavy atom. The number of pyridine rings is 1. The SMILES string of the molecule is COc1ccnc(N2CCN(C(=O)CN3CCCC3=O)CC2)c1. The van der Waals surface area contributed by atoms with Crippen LogP contribution in [0, 0.1) is 0 Å². The van der Waals surface area contributed by atoms with Crippen LogP contribution in [0.3, 0.4) is 0 Å². The lowest BCUT2D eigenvalue weighted by Crippen LogP contribution is -2.51. The monoisotopic (exact) mass is 318 g/mol. The lowest BCUT2D eigenvalue weighted by molar-refractivity contribution is -0.138. The minimum absolute atomic E-state index is 0.0403. The van der Waals surface area contributed by atoms with E-state index in [2.05, 4.69) is 9.88 Å². The number of ether oxygens (including phenoxy) is 1. The highest BCUT2D eigenvalue weighted by atomic mass is 16.5. The fourth-order valence-electron chi connectivity index (χ4n) is 3.02. The smallest absolute Gasteiger partial charge is 0.242 e. The van der Waals surface area contributed by atoms with Gasteiger partial charge in [0.1, 0.15) is 11.6 Å². The summed E-state index contributed by atoms with van der Waals surface area (Å²) in [4.78, 5) is 33.9. The van der Waals surface area contributed by atoms with E-state index in [1.165, 1.54) is 0 Å². The average molecular weight is 318 g/mol. The average Bonchev–Trinajstić information content (AvgIpc) is 3.00. The Bertz CT molecular complexity index is 584. The van der Waals surface area contributed by atoms with E-state index in [0.717, 1.165) is 31.1 Å². The molecule has 7 nitrogen and oxygen atoms in total. The molecule has 0 spiro atoms. The van der Waals surface area contributed by atoms with E-state index in [0.29, 0.717) is 26.1 Å². The van der Waals surface area contributed by atoms with Gasteiger partial charge in [0.25, 0.3) is 0 Å². The van der Waals surface area contributed by atoms with Gasteiger partial charge >= 0.3 is 0 Å². The molecule has 2 saturated heterocycles. The van der Waals surface area contributed by atoms with Crippen LogP contribution in [0.15, 0.2) is 18.3 Å². The normalized spacial score (nSPS) is 18.5. The molecule has 2 fully saturated rings. The topological polar surface area (TPSA) is 66.0 Å². The minimum atomic E-state index is 0.0403. The first-order chi connectivity index (χ1) is 11.2. The predicted molar refractivity (Wildman–Crippen MR) is 85.4 cm³/mol. The number of hydrogen-bond donors (Lipinski definition) is 0. The molecule has 1 aromatic rings. The van der Waals surface area contributed by atoms with Gasteiger partial charge in [-0.05, 0) is 12.5 Å². The van der Waals surface area contributed by atoms with E-state index >= 15 is 0 Å². The summed E-state index contributed by atoms with van der Waals surface area (Å²) in [6, 6.07) is 3.72. The third-order valence-electron chi connectivity index (χ3n) is 4.41. The maximum Gasteiger partial charge on any atom is 0.242 e. The van der Waals surface area contributed by atoms with E-state index in [1.807, 2.05) is 17.0 Å². The van der Waals surface area contributed by atoms with Crippen molar-refractivity contribution >= 4 is 17.6 Å². The van der Waals surface area contributed by atoms with Crippen LogP contribution >= 0.6 is 0 Å². The summed E-state index contributed by atoms with van der Waals surface area (Å²) in [7, 11) is 1.63. The van der Waals surface area contributed by atoms with Gasteiger partial charge in [0, 0.05) is 51.4 Å². The van der Waals surface area contributed by atoms with Crippen LogP contribution in [0.2, 0.25) is 0 Å². The number of amides is 2. The Morgan fingerprint density at radius 2 is 2.04 bits per heavy atom. The minimum Gasteiger partial charge on any atom is -0.497 e. The van der Waals surface area contributed by atoms with Crippen LogP contribution in [0.4, 0.5) is 5.82 Å². The number of nitrogens with zero attached hydrogens (tertiary/aromatic N) is 4. The van der Waals surface area contributed by atoms with E-state index in [4.69, 9.17) is 4.74 Å². The zero-order valence-corrected chi connectivity index (χ0v) is 13.4. The fourth-order valence-corrected chi connectivity index (χ4v) is 3.02. The summed E-state index contributed by atoms with van der Waals surface area (Å²) in [5, 5.41) is 0. The number of hydrogen-bond acceptors (Lipinski definition) is 5. The van der Waals surface area contributed by atoms with Crippen molar-refractivity contribution in [2.24, 2.45) is 0 Å². The number of piperazine rings is 1.